The van der Waals surface area contributed by atoms with E-state index in [1.54, 1.807) is 4.90 Å². The van der Waals surface area contributed by atoms with Crippen LogP contribution in [0.2, 0.25) is 0 Å². The van der Waals surface area contributed by atoms with Crippen LogP contribution >= 0.6 is 0 Å². The summed E-state index contributed by atoms with van der Waals surface area (Å²) in [6.45, 7) is 5.42. The molecular weight excluding hydrogens is 252 g/mol. The number of hydrogen-bond donors (Lipinski definition) is 1. The Kier molecular flexibility index (Phi) is 4.77. The van der Waals surface area contributed by atoms with Crippen molar-refractivity contribution in [1.82, 2.24) is 5.32 Å². The number of anilines is 1. The summed E-state index contributed by atoms with van der Waals surface area (Å²) in [5.74, 6) is 0.369. The number of para-hydroxylation sites is 1. The average molecular weight is 274 g/mol. The lowest BCUT2D eigenvalue weighted by atomic mass is 10.1. The molecule has 0 bridgehead atoms. The van der Waals surface area contributed by atoms with Gasteiger partial charge in [-0.3, -0.25) is 9.59 Å². The van der Waals surface area contributed by atoms with Crippen LogP contribution in [0, 0.1) is 11.8 Å². The zero-order valence-electron chi connectivity index (χ0n) is 12.1. The van der Waals surface area contributed by atoms with E-state index in [0.29, 0.717) is 25.4 Å². The van der Waals surface area contributed by atoms with Crippen LogP contribution in [0.15, 0.2) is 30.3 Å². The molecule has 0 aromatic heterocycles. The number of hydrogen-bond acceptors (Lipinski definition) is 2. The number of benzene rings is 1. The molecule has 1 saturated heterocycles. The van der Waals surface area contributed by atoms with E-state index in [-0.39, 0.29) is 17.7 Å². The third-order valence-corrected chi connectivity index (χ3v) is 3.58. The minimum absolute atomic E-state index is 0.00238. The normalized spacial score (nSPS) is 18.6. The van der Waals surface area contributed by atoms with Crippen molar-refractivity contribution < 1.29 is 9.59 Å². The van der Waals surface area contributed by atoms with Crippen molar-refractivity contribution in [3.8, 4) is 0 Å². The van der Waals surface area contributed by atoms with Gasteiger partial charge in [-0.05, 0) is 24.5 Å². The Balaban J connectivity index is 1.90. The highest BCUT2D eigenvalue weighted by molar-refractivity contribution is 6.00. The lowest BCUT2D eigenvalue weighted by molar-refractivity contribution is -0.126. The first-order chi connectivity index (χ1) is 9.58. The summed E-state index contributed by atoms with van der Waals surface area (Å²) in [7, 11) is 0. The minimum atomic E-state index is -0.227. The number of amides is 2. The van der Waals surface area contributed by atoms with Crippen molar-refractivity contribution in [2.45, 2.75) is 26.7 Å². The highest BCUT2D eigenvalue weighted by atomic mass is 16.2. The number of carbonyl (C=O) groups is 2. The third-order valence-electron chi connectivity index (χ3n) is 3.58. The lowest BCUT2D eigenvalue weighted by Gasteiger charge is -2.16. The minimum Gasteiger partial charge on any atom is -0.356 e. The second kappa shape index (κ2) is 6.55. The molecule has 108 valence electrons. The summed E-state index contributed by atoms with van der Waals surface area (Å²) < 4.78 is 0. The van der Waals surface area contributed by atoms with E-state index >= 15 is 0 Å². The summed E-state index contributed by atoms with van der Waals surface area (Å²) >= 11 is 0. The summed E-state index contributed by atoms with van der Waals surface area (Å²) in [6, 6.07) is 9.52. The molecule has 1 fully saturated rings. The SMILES string of the molecule is CC(C)CCNC(=O)C1CC(=O)N(c2ccccc2)C1. The van der Waals surface area contributed by atoms with Crippen molar-refractivity contribution in [2.75, 3.05) is 18.0 Å². The molecule has 0 aliphatic carbocycles. The second-order valence-electron chi connectivity index (χ2n) is 5.71. The van der Waals surface area contributed by atoms with Crippen LogP contribution in [0.4, 0.5) is 5.69 Å². The van der Waals surface area contributed by atoms with Gasteiger partial charge in [-0.25, -0.2) is 0 Å². The van der Waals surface area contributed by atoms with E-state index in [9.17, 15) is 9.59 Å². The van der Waals surface area contributed by atoms with E-state index in [2.05, 4.69) is 19.2 Å². The molecule has 1 aromatic carbocycles. The van der Waals surface area contributed by atoms with Crippen LogP contribution in [-0.2, 0) is 9.59 Å². The fourth-order valence-electron chi connectivity index (χ4n) is 2.37. The van der Waals surface area contributed by atoms with Crippen LogP contribution in [0.25, 0.3) is 0 Å². The molecule has 2 amide bonds. The van der Waals surface area contributed by atoms with Gasteiger partial charge >= 0.3 is 0 Å². The Morgan fingerprint density at radius 2 is 2.05 bits per heavy atom. The Morgan fingerprint density at radius 1 is 1.35 bits per heavy atom. The van der Waals surface area contributed by atoms with Crippen molar-refractivity contribution in [1.29, 1.82) is 0 Å². The Labute approximate surface area is 120 Å². The first kappa shape index (κ1) is 14.6. The van der Waals surface area contributed by atoms with Crippen LogP contribution in [0.3, 0.4) is 0 Å². The Morgan fingerprint density at radius 3 is 2.70 bits per heavy atom. The molecule has 1 unspecified atom stereocenters. The highest BCUT2D eigenvalue weighted by Gasteiger charge is 2.34. The molecule has 0 spiro atoms. The maximum absolute atomic E-state index is 12.1. The predicted molar refractivity (Wildman–Crippen MR) is 79.4 cm³/mol. The van der Waals surface area contributed by atoms with Gasteiger partial charge in [0.25, 0.3) is 0 Å². The topological polar surface area (TPSA) is 49.4 Å². The summed E-state index contributed by atoms with van der Waals surface area (Å²) in [5, 5.41) is 2.93. The molecular formula is C16H22N2O2. The van der Waals surface area contributed by atoms with E-state index in [1.165, 1.54) is 0 Å². The molecule has 1 heterocycles. The van der Waals surface area contributed by atoms with E-state index < -0.39 is 0 Å². The molecule has 1 aromatic rings. The maximum atomic E-state index is 12.1. The number of nitrogens with one attached hydrogen (secondary N) is 1. The van der Waals surface area contributed by atoms with E-state index in [0.717, 1.165) is 12.1 Å². The van der Waals surface area contributed by atoms with Gasteiger partial charge in [-0.2, -0.15) is 0 Å². The Hall–Kier alpha value is -1.84. The predicted octanol–water partition coefficient (Wildman–Crippen LogP) is 2.20. The third kappa shape index (κ3) is 3.59. The van der Waals surface area contributed by atoms with Gasteiger partial charge in [0.15, 0.2) is 0 Å². The fraction of sp³-hybridized carbons (Fsp3) is 0.500. The van der Waals surface area contributed by atoms with Gasteiger partial charge in [0.1, 0.15) is 0 Å². The zero-order valence-corrected chi connectivity index (χ0v) is 12.1. The molecule has 0 saturated carbocycles. The fourth-order valence-corrected chi connectivity index (χ4v) is 2.37. The first-order valence-corrected chi connectivity index (χ1v) is 7.21. The van der Waals surface area contributed by atoms with E-state index in [4.69, 9.17) is 0 Å². The summed E-state index contributed by atoms with van der Waals surface area (Å²) in [5.41, 5.74) is 0.870. The summed E-state index contributed by atoms with van der Waals surface area (Å²) in [4.78, 5) is 25.8. The van der Waals surface area contributed by atoms with Gasteiger partial charge in [-0.1, -0.05) is 32.0 Å². The van der Waals surface area contributed by atoms with Gasteiger partial charge in [0, 0.05) is 25.2 Å². The Bertz CT molecular complexity index is 471. The van der Waals surface area contributed by atoms with Crippen molar-refractivity contribution in [2.24, 2.45) is 11.8 Å². The highest BCUT2D eigenvalue weighted by Crippen LogP contribution is 2.24. The molecule has 1 atom stereocenters. The molecule has 20 heavy (non-hydrogen) atoms. The molecule has 1 aliphatic heterocycles. The van der Waals surface area contributed by atoms with Crippen molar-refractivity contribution in [3.63, 3.8) is 0 Å². The van der Waals surface area contributed by atoms with E-state index in [1.807, 2.05) is 30.3 Å². The quantitative estimate of drug-likeness (QED) is 0.895. The van der Waals surface area contributed by atoms with Crippen molar-refractivity contribution >= 4 is 17.5 Å². The number of nitrogens with zero attached hydrogens (tertiary/aromatic N) is 1. The average Bonchev–Trinajstić information content (AvgIpc) is 2.81. The zero-order chi connectivity index (χ0) is 14.5. The summed E-state index contributed by atoms with van der Waals surface area (Å²) in [6.07, 6.45) is 1.28. The lowest BCUT2D eigenvalue weighted by Crippen LogP contribution is -2.33. The standard InChI is InChI=1S/C16H22N2O2/c1-12(2)8-9-17-16(20)13-10-15(19)18(11-13)14-6-4-3-5-7-14/h3-7,12-13H,8-11H2,1-2H3,(H,17,20). The number of rotatable bonds is 5. The molecule has 4 nitrogen and oxygen atoms in total. The monoisotopic (exact) mass is 274 g/mol. The number of carbonyl (C=O) groups excluding carboxylic acids is 2. The smallest absolute Gasteiger partial charge is 0.227 e. The van der Waals surface area contributed by atoms with Crippen LogP contribution < -0.4 is 10.2 Å². The molecule has 0 radical (unpaired) electrons. The molecule has 1 N–H and O–H groups in total. The first-order valence-electron chi connectivity index (χ1n) is 7.21. The molecule has 4 heteroatoms. The molecule has 2 rings (SSSR count). The van der Waals surface area contributed by atoms with Gasteiger partial charge < -0.3 is 10.2 Å². The van der Waals surface area contributed by atoms with Gasteiger partial charge in [0.05, 0.1) is 5.92 Å². The molecule has 1 aliphatic rings. The maximum Gasteiger partial charge on any atom is 0.227 e. The van der Waals surface area contributed by atoms with Gasteiger partial charge in [-0.15, -0.1) is 0 Å². The van der Waals surface area contributed by atoms with Crippen LogP contribution in [0.1, 0.15) is 26.7 Å². The second-order valence-corrected chi connectivity index (χ2v) is 5.71. The van der Waals surface area contributed by atoms with Crippen LogP contribution in [0.5, 0.6) is 0 Å². The van der Waals surface area contributed by atoms with Crippen molar-refractivity contribution in [3.05, 3.63) is 30.3 Å². The van der Waals surface area contributed by atoms with Crippen LogP contribution in [-0.4, -0.2) is 24.9 Å². The van der Waals surface area contributed by atoms with Gasteiger partial charge in [0.2, 0.25) is 11.8 Å². The largest absolute Gasteiger partial charge is 0.356 e.